The molecule has 0 aliphatic rings. The van der Waals surface area contributed by atoms with Crippen molar-refractivity contribution in [2.75, 3.05) is 23.7 Å². The third kappa shape index (κ3) is 7.46. The van der Waals surface area contributed by atoms with Crippen molar-refractivity contribution in [3.05, 3.63) is 64.2 Å². The van der Waals surface area contributed by atoms with Crippen molar-refractivity contribution in [2.24, 2.45) is 0 Å². The van der Waals surface area contributed by atoms with Gasteiger partial charge in [0.25, 0.3) is 0 Å². The molecule has 0 radical (unpaired) electrons. The average molecular weight is 508 g/mol. The molecule has 2 aromatic rings. The number of amides is 2. The zero-order valence-electron chi connectivity index (χ0n) is 20.5. The second-order valence-corrected chi connectivity index (χ2v) is 10.8. The summed E-state index contributed by atoms with van der Waals surface area (Å²) in [5.74, 6) is -0.718. The van der Waals surface area contributed by atoms with Crippen molar-refractivity contribution in [1.29, 1.82) is 0 Å². The zero-order chi connectivity index (χ0) is 25.5. The summed E-state index contributed by atoms with van der Waals surface area (Å²) in [6.45, 7) is 7.69. The molecule has 2 aromatic carbocycles. The van der Waals surface area contributed by atoms with Gasteiger partial charge < -0.3 is 10.2 Å². The van der Waals surface area contributed by atoms with Gasteiger partial charge in [-0.3, -0.25) is 13.9 Å². The number of halogens is 1. The Labute approximate surface area is 208 Å². The largest absolute Gasteiger partial charge is 0.354 e. The number of sulfonamides is 1. The van der Waals surface area contributed by atoms with Gasteiger partial charge in [0.2, 0.25) is 21.8 Å². The van der Waals surface area contributed by atoms with Crippen molar-refractivity contribution < 1.29 is 18.0 Å². The van der Waals surface area contributed by atoms with Gasteiger partial charge in [-0.25, -0.2) is 8.42 Å². The molecule has 2 rings (SSSR count). The van der Waals surface area contributed by atoms with E-state index in [4.69, 9.17) is 11.6 Å². The smallest absolute Gasteiger partial charge is 0.244 e. The third-order valence-corrected chi connectivity index (χ3v) is 6.89. The Morgan fingerprint density at radius 3 is 2.26 bits per heavy atom. The zero-order valence-corrected chi connectivity index (χ0v) is 22.0. The van der Waals surface area contributed by atoms with E-state index in [1.165, 1.54) is 4.90 Å². The lowest BCUT2D eigenvalue weighted by atomic mass is 10.1. The number of hydrogen-bond donors (Lipinski definition) is 1. The van der Waals surface area contributed by atoms with Crippen molar-refractivity contribution >= 4 is 39.1 Å². The molecule has 0 aliphatic heterocycles. The topological polar surface area (TPSA) is 86.8 Å². The minimum atomic E-state index is -3.76. The Balaban J connectivity index is 2.45. The van der Waals surface area contributed by atoms with Crippen LogP contribution in [0.25, 0.3) is 0 Å². The Morgan fingerprint density at radius 2 is 1.71 bits per heavy atom. The molecule has 0 aromatic heterocycles. The number of aryl methyl sites for hydroxylation is 2. The predicted octanol–water partition coefficient (Wildman–Crippen LogP) is 4.06. The van der Waals surface area contributed by atoms with Crippen LogP contribution in [0.15, 0.2) is 42.5 Å². The fourth-order valence-corrected chi connectivity index (χ4v) is 4.68. The van der Waals surface area contributed by atoms with Gasteiger partial charge in [-0.15, -0.1) is 0 Å². The van der Waals surface area contributed by atoms with Crippen molar-refractivity contribution in [3.63, 3.8) is 0 Å². The first-order valence-corrected chi connectivity index (χ1v) is 13.6. The normalized spacial score (nSPS) is 12.2. The number of nitrogens with zero attached hydrogens (tertiary/aromatic N) is 2. The lowest BCUT2D eigenvalue weighted by Gasteiger charge is -2.33. The average Bonchev–Trinajstić information content (AvgIpc) is 2.78. The first-order valence-electron chi connectivity index (χ1n) is 11.3. The lowest BCUT2D eigenvalue weighted by Crippen LogP contribution is -2.52. The Hall–Kier alpha value is -2.58. The van der Waals surface area contributed by atoms with Crippen molar-refractivity contribution in [3.8, 4) is 0 Å². The number of rotatable bonds is 11. The quantitative estimate of drug-likeness (QED) is 0.497. The maximum absolute atomic E-state index is 13.6. The molecule has 0 fully saturated rings. The van der Waals surface area contributed by atoms with Gasteiger partial charge in [0.05, 0.1) is 11.9 Å². The maximum atomic E-state index is 13.6. The number of nitrogens with one attached hydrogen (secondary N) is 1. The van der Waals surface area contributed by atoms with E-state index in [9.17, 15) is 18.0 Å². The highest BCUT2D eigenvalue weighted by atomic mass is 35.5. The SMILES string of the molecule is CCCNC(=O)C(CC)N(Cc1ccc(Cl)cc1)C(=O)CN(c1cc(C)ccc1C)S(C)(=O)=O. The van der Waals surface area contributed by atoms with Crippen LogP contribution in [0, 0.1) is 13.8 Å². The number of carbonyl (C=O) groups is 2. The Morgan fingerprint density at radius 1 is 1.06 bits per heavy atom. The van der Waals surface area contributed by atoms with Gasteiger partial charge in [0.1, 0.15) is 12.6 Å². The van der Waals surface area contributed by atoms with Crippen LogP contribution in [-0.4, -0.2) is 50.5 Å². The molecule has 0 saturated heterocycles. The van der Waals surface area contributed by atoms with E-state index in [0.717, 1.165) is 33.7 Å². The summed E-state index contributed by atoms with van der Waals surface area (Å²) in [6, 6.07) is 11.7. The first-order chi connectivity index (χ1) is 16.0. The molecule has 9 heteroatoms. The van der Waals surface area contributed by atoms with E-state index >= 15 is 0 Å². The number of carbonyl (C=O) groups excluding carboxylic acids is 2. The molecule has 0 spiro atoms. The second kappa shape index (κ2) is 12.2. The highest BCUT2D eigenvalue weighted by Crippen LogP contribution is 2.25. The molecule has 0 heterocycles. The van der Waals surface area contributed by atoms with Crippen LogP contribution in [-0.2, 0) is 26.2 Å². The molecule has 34 heavy (non-hydrogen) atoms. The summed E-state index contributed by atoms with van der Waals surface area (Å²) in [6.07, 6.45) is 2.23. The van der Waals surface area contributed by atoms with Gasteiger partial charge in [-0.05, 0) is 61.6 Å². The third-order valence-electron chi connectivity index (χ3n) is 5.51. The summed E-state index contributed by atoms with van der Waals surface area (Å²) >= 11 is 6.00. The van der Waals surface area contributed by atoms with Crippen LogP contribution >= 0.6 is 11.6 Å². The predicted molar refractivity (Wildman–Crippen MR) is 137 cm³/mol. The Kier molecular flexibility index (Phi) is 9.94. The van der Waals surface area contributed by atoms with Crippen molar-refractivity contribution in [2.45, 2.75) is 53.1 Å². The molecular formula is C25H34ClN3O4S. The van der Waals surface area contributed by atoms with Gasteiger partial charge >= 0.3 is 0 Å². The minimum Gasteiger partial charge on any atom is -0.354 e. The van der Waals surface area contributed by atoms with Gasteiger partial charge in [-0.1, -0.05) is 49.7 Å². The van der Waals surface area contributed by atoms with E-state index in [0.29, 0.717) is 23.7 Å². The van der Waals surface area contributed by atoms with Crippen LogP contribution in [0.4, 0.5) is 5.69 Å². The van der Waals surface area contributed by atoms with Crippen LogP contribution in [0.2, 0.25) is 5.02 Å². The second-order valence-electron chi connectivity index (χ2n) is 8.42. The van der Waals surface area contributed by atoms with E-state index in [1.807, 2.05) is 32.9 Å². The fraction of sp³-hybridized carbons (Fsp3) is 0.440. The van der Waals surface area contributed by atoms with Crippen LogP contribution in [0.5, 0.6) is 0 Å². The standard InChI is InChI=1S/C25H34ClN3O4S/c1-6-14-27-25(31)22(7-2)28(16-20-10-12-21(26)13-11-20)24(30)17-29(34(5,32)33)23-15-18(3)8-9-19(23)4/h8-13,15,22H,6-7,14,16-17H2,1-5H3,(H,27,31). The van der Waals surface area contributed by atoms with Crippen LogP contribution in [0.1, 0.15) is 43.4 Å². The minimum absolute atomic E-state index is 0.151. The molecule has 1 atom stereocenters. The van der Waals surface area contributed by atoms with Crippen molar-refractivity contribution in [1.82, 2.24) is 10.2 Å². The summed E-state index contributed by atoms with van der Waals surface area (Å²) < 4.78 is 26.6. The molecule has 2 amide bonds. The van der Waals surface area contributed by atoms with E-state index in [1.54, 1.807) is 37.3 Å². The summed E-state index contributed by atoms with van der Waals surface area (Å²) in [7, 11) is -3.76. The number of anilines is 1. The first kappa shape index (κ1) is 27.7. The molecule has 1 unspecified atom stereocenters. The Bertz CT molecular complexity index is 1100. The lowest BCUT2D eigenvalue weighted by molar-refractivity contribution is -0.140. The molecule has 186 valence electrons. The molecule has 0 bridgehead atoms. The van der Waals surface area contributed by atoms with Crippen LogP contribution in [0.3, 0.4) is 0 Å². The summed E-state index contributed by atoms with van der Waals surface area (Å²) in [5, 5.41) is 3.42. The summed E-state index contributed by atoms with van der Waals surface area (Å²) in [5.41, 5.74) is 2.86. The highest BCUT2D eigenvalue weighted by Gasteiger charge is 2.32. The fourth-order valence-electron chi connectivity index (χ4n) is 3.65. The highest BCUT2D eigenvalue weighted by molar-refractivity contribution is 7.92. The maximum Gasteiger partial charge on any atom is 0.244 e. The molecule has 1 N–H and O–H groups in total. The van der Waals surface area contributed by atoms with E-state index in [2.05, 4.69) is 5.32 Å². The van der Waals surface area contributed by atoms with Gasteiger partial charge in [0.15, 0.2) is 0 Å². The number of benzene rings is 2. The number of hydrogen-bond acceptors (Lipinski definition) is 4. The molecule has 0 aliphatic carbocycles. The summed E-state index contributed by atoms with van der Waals surface area (Å²) in [4.78, 5) is 28.0. The molecule has 7 nitrogen and oxygen atoms in total. The van der Waals surface area contributed by atoms with Gasteiger partial charge in [0, 0.05) is 18.1 Å². The van der Waals surface area contributed by atoms with E-state index < -0.39 is 28.5 Å². The van der Waals surface area contributed by atoms with Gasteiger partial charge in [-0.2, -0.15) is 0 Å². The molecule has 0 saturated carbocycles. The monoisotopic (exact) mass is 507 g/mol. The van der Waals surface area contributed by atoms with E-state index in [-0.39, 0.29) is 12.5 Å². The molecular weight excluding hydrogens is 474 g/mol. The van der Waals surface area contributed by atoms with Crippen LogP contribution < -0.4 is 9.62 Å².